The van der Waals surface area contributed by atoms with Crippen molar-refractivity contribution < 1.29 is 23.9 Å². The molecule has 1 N–H and O–H groups in total. The van der Waals surface area contributed by atoms with E-state index in [0.717, 1.165) is 12.8 Å². The minimum absolute atomic E-state index is 0.0126. The molecule has 1 atom stereocenters. The first-order valence-corrected chi connectivity index (χ1v) is 7.58. The normalized spacial score (nSPS) is 19.1. The van der Waals surface area contributed by atoms with Gasteiger partial charge in [0.25, 0.3) is 5.91 Å². The molecule has 1 aliphatic heterocycles. The zero-order chi connectivity index (χ0) is 16.8. The molecule has 7 heteroatoms. The summed E-state index contributed by atoms with van der Waals surface area (Å²) >= 11 is 0. The molecule has 1 fully saturated rings. The minimum Gasteiger partial charge on any atom is -0.456 e. The molecule has 0 radical (unpaired) electrons. The van der Waals surface area contributed by atoms with Crippen molar-refractivity contribution in [2.45, 2.75) is 58.6 Å². The lowest BCUT2D eigenvalue weighted by Crippen LogP contribution is -2.40. The zero-order valence-electron chi connectivity index (χ0n) is 13.8. The van der Waals surface area contributed by atoms with Crippen LogP contribution in [0.25, 0.3) is 0 Å². The number of hydrogen-bond donors (Lipinski definition) is 1. The molecule has 0 unspecified atom stereocenters. The van der Waals surface area contributed by atoms with E-state index >= 15 is 0 Å². The van der Waals surface area contributed by atoms with Gasteiger partial charge in [-0.1, -0.05) is 0 Å². The first-order chi connectivity index (χ1) is 10.2. The third-order valence-electron chi connectivity index (χ3n) is 3.20. The number of nitrogens with one attached hydrogen (secondary N) is 1. The van der Waals surface area contributed by atoms with Gasteiger partial charge in [-0.2, -0.15) is 0 Å². The Kier molecular flexibility index (Phi) is 6.64. The molecule has 1 aliphatic rings. The van der Waals surface area contributed by atoms with Gasteiger partial charge < -0.3 is 19.7 Å². The molecule has 0 aromatic heterocycles. The van der Waals surface area contributed by atoms with Crippen LogP contribution in [0.3, 0.4) is 0 Å². The van der Waals surface area contributed by atoms with Crippen LogP contribution in [0, 0.1) is 0 Å². The fourth-order valence-corrected chi connectivity index (χ4v) is 2.22. The number of nitrogens with zero attached hydrogens (tertiary/aromatic N) is 1. The number of esters is 1. The monoisotopic (exact) mass is 314 g/mol. The lowest BCUT2D eigenvalue weighted by Gasteiger charge is -2.23. The van der Waals surface area contributed by atoms with Crippen LogP contribution in [0.15, 0.2) is 0 Å². The van der Waals surface area contributed by atoms with E-state index in [1.165, 1.54) is 6.92 Å². The minimum atomic E-state index is -0.527. The molecule has 126 valence electrons. The maximum absolute atomic E-state index is 11.9. The second-order valence-corrected chi connectivity index (χ2v) is 6.44. The molecule has 0 aromatic rings. The van der Waals surface area contributed by atoms with E-state index in [4.69, 9.17) is 9.47 Å². The Hall–Kier alpha value is -1.79. The van der Waals surface area contributed by atoms with Crippen molar-refractivity contribution in [3.05, 3.63) is 0 Å². The number of carbonyl (C=O) groups excluding carboxylic acids is 3. The lowest BCUT2D eigenvalue weighted by atomic mass is 10.1. The van der Waals surface area contributed by atoms with Crippen LogP contribution < -0.4 is 5.32 Å². The highest BCUT2D eigenvalue weighted by Gasteiger charge is 2.24. The standard InChI is InChI=1S/C15H26N2O5/c1-11(18)21-10-13(19)17-8-5-6-12(7-9-17)16-14(20)22-15(2,3)4/h12H,5-10H2,1-4H3,(H,16,20)/t12-/m1/s1. The van der Waals surface area contributed by atoms with E-state index in [0.29, 0.717) is 19.5 Å². The number of likely N-dealkylation sites (tertiary alicyclic amines) is 1. The molecule has 0 spiro atoms. The summed E-state index contributed by atoms with van der Waals surface area (Å²) < 4.78 is 9.96. The average molecular weight is 314 g/mol. The molecule has 0 bridgehead atoms. The van der Waals surface area contributed by atoms with Crippen LogP contribution in [-0.2, 0) is 19.1 Å². The van der Waals surface area contributed by atoms with E-state index in [9.17, 15) is 14.4 Å². The molecule has 1 saturated heterocycles. The van der Waals surface area contributed by atoms with Gasteiger partial charge in [-0.15, -0.1) is 0 Å². The molecule has 0 aliphatic carbocycles. The van der Waals surface area contributed by atoms with Crippen LogP contribution in [0.5, 0.6) is 0 Å². The van der Waals surface area contributed by atoms with Gasteiger partial charge in [0.15, 0.2) is 6.61 Å². The fourth-order valence-electron chi connectivity index (χ4n) is 2.22. The van der Waals surface area contributed by atoms with E-state index < -0.39 is 17.7 Å². The summed E-state index contributed by atoms with van der Waals surface area (Å²) in [7, 11) is 0. The van der Waals surface area contributed by atoms with Gasteiger partial charge in [0.2, 0.25) is 0 Å². The highest BCUT2D eigenvalue weighted by atomic mass is 16.6. The Balaban J connectivity index is 2.40. The number of alkyl carbamates (subject to hydrolysis) is 1. The predicted octanol–water partition coefficient (Wildman–Crippen LogP) is 1.46. The Bertz CT molecular complexity index is 417. The van der Waals surface area contributed by atoms with E-state index in [1.807, 2.05) is 20.8 Å². The molecule has 0 aromatic carbocycles. The van der Waals surface area contributed by atoms with Crippen molar-refractivity contribution in [3.8, 4) is 0 Å². The summed E-state index contributed by atoms with van der Waals surface area (Å²) in [5.74, 6) is -0.666. The highest BCUT2D eigenvalue weighted by molar-refractivity contribution is 5.80. The van der Waals surface area contributed by atoms with Crippen molar-refractivity contribution in [2.24, 2.45) is 0 Å². The first-order valence-electron chi connectivity index (χ1n) is 7.58. The zero-order valence-corrected chi connectivity index (χ0v) is 13.8. The highest BCUT2D eigenvalue weighted by Crippen LogP contribution is 2.13. The quantitative estimate of drug-likeness (QED) is 0.797. The number of rotatable bonds is 3. The largest absolute Gasteiger partial charge is 0.456 e. The number of ether oxygens (including phenoxy) is 2. The Labute approximate surface area is 131 Å². The van der Waals surface area contributed by atoms with Crippen molar-refractivity contribution >= 4 is 18.0 Å². The molecule has 1 heterocycles. The number of amides is 2. The predicted molar refractivity (Wildman–Crippen MR) is 80.2 cm³/mol. The first kappa shape index (κ1) is 18.3. The van der Waals surface area contributed by atoms with Gasteiger partial charge in [0, 0.05) is 26.1 Å². The molecule has 1 rings (SSSR count). The van der Waals surface area contributed by atoms with Crippen LogP contribution in [0.1, 0.15) is 47.0 Å². The summed E-state index contributed by atoms with van der Waals surface area (Å²) in [4.78, 5) is 36.1. The van der Waals surface area contributed by atoms with Gasteiger partial charge in [-0.3, -0.25) is 9.59 Å². The van der Waals surface area contributed by atoms with E-state index in [-0.39, 0.29) is 18.6 Å². The summed E-state index contributed by atoms with van der Waals surface area (Å²) in [5, 5.41) is 2.84. The number of hydrogen-bond acceptors (Lipinski definition) is 5. The van der Waals surface area contributed by atoms with Gasteiger partial charge in [0.05, 0.1) is 0 Å². The SMILES string of the molecule is CC(=O)OCC(=O)N1CCC[C@@H](NC(=O)OC(C)(C)C)CC1. The van der Waals surface area contributed by atoms with Crippen LogP contribution >= 0.6 is 0 Å². The fraction of sp³-hybridized carbons (Fsp3) is 0.800. The summed E-state index contributed by atoms with van der Waals surface area (Å²) in [6.45, 7) is 7.63. The second kappa shape index (κ2) is 8.00. The molecule has 0 saturated carbocycles. The molecule has 22 heavy (non-hydrogen) atoms. The van der Waals surface area contributed by atoms with Gasteiger partial charge in [0.1, 0.15) is 5.60 Å². The van der Waals surface area contributed by atoms with Crippen molar-refractivity contribution in [3.63, 3.8) is 0 Å². The third-order valence-corrected chi connectivity index (χ3v) is 3.20. The maximum Gasteiger partial charge on any atom is 0.407 e. The van der Waals surface area contributed by atoms with Gasteiger partial charge >= 0.3 is 12.1 Å². The average Bonchev–Trinajstić information content (AvgIpc) is 2.59. The van der Waals surface area contributed by atoms with Crippen LogP contribution in [-0.4, -0.2) is 54.2 Å². The summed E-state index contributed by atoms with van der Waals surface area (Å²) in [6.07, 6.45) is 1.80. The molecular weight excluding hydrogens is 288 g/mol. The van der Waals surface area contributed by atoms with Crippen LogP contribution in [0.2, 0.25) is 0 Å². The van der Waals surface area contributed by atoms with E-state index in [2.05, 4.69) is 5.32 Å². The third kappa shape index (κ3) is 7.28. The smallest absolute Gasteiger partial charge is 0.407 e. The summed E-state index contributed by atoms with van der Waals surface area (Å²) in [6, 6.07) is -0.0126. The Morgan fingerprint density at radius 1 is 1.18 bits per heavy atom. The van der Waals surface area contributed by atoms with Crippen molar-refractivity contribution in [1.29, 1.82) is 0 Å². The topological polar surface area (TPSA) is 84.9 Å². The maximum atomic E-state index is 11.9. The molecule has 7 nitrogen and oxygen atoms in total. The summed E-state index contributed by atoms with van der Waals surface area (Å²) in [5.41, 5.74) is -0.527. The van der Waals surface area contributed by atoms with Gasteiger partial charge in [-0.05, 0) is 40.0 Å². The Morgan fingerprint density at radius 3 is 2.45 bits per heavy atom. The van der Waals surface area contributed by atoms with Crippen LogP contribution in [0.4, 0.5) is 4.79 Å². The van der Waals surface area contributed by atoms with Crippen molar-refractivity contribution in [2.75, 3.05) is 19.7 Å². The molecule has 2 amide bonds. The molecular formula is C15H26N2O5. The van der Waals surface area contributed by atoms with Gasteiger partial charge in [-0.25, -0.2) is 4.79 Å². The van der Waals surface area contributed by atoms with E-state index in [1.54, 1.807) is 4.90 Å². The number of carbonyl (C=O) groups is 3. The lowest BCUT2D eigenvalue weighted by molar-refractivity contribution is -0.150. The van der Waals surface area contributed by atoms with Crippen molar-refractivity contribution in [1.82, 2.24) is 10.2 Å². The second-order valence-electron chi connectivity index (χ2n) is 6.44. The Morgan fingerprint density at radius 2 is 1.86 bits per heavy atom.